The highest BCUT2D eigenvalue weighted by molar-refractivity contribution is 7.09. The standard InChI is InChI=1S/C18H26N4OS/c1-18(2,3)16-20-17(24-21-16)22-10-8-13(9-11-22)19-14-6-5-7-15(12-14)23-4/h5-7,12-13,19H,8-11H2,1-4H3. The molecule has 0 spiro atoms. The normalized spacial score (nSPS) is 16.2. The van der Waals surface area contributed by atoms with Crippen LogP contribution in [-0.2, 0) is 5.41 Å². The molecule has 1 aliphatic rings. The third-order valence-corrected chi connectivity index (χ3v) is 5.07. The Morgan fingerprint density at radius 1 is 1.25 bits per heavy atom. The van der Waals surface area contributed by atoms with Crippen LogP contribution in [0.25, 0.3) is 0 Å². The summed E-state index contributed by atoms with van der Waals surface area (Å²) in [5.74, 6) is 1.83. The van der Waals surface area contributed by atoms with E-state index in [4.69, 9.17) is 9.72 Å². The van der Waals surface area contributed by atoms with Crippen LogP contribution in [0.2, 0.25) is 0 Å². The number of methoxy groups -OCH3 is 1. The van der Waals surface area contributed by atoms with Gasteiger partial charge in [-0.25, -0.2) is 4.98 Å². The maximum absolute atomic E-state index is 5.29. The molecule has 1 aliphatic heterocycles. The molecule has 24 heavy (non-hydrogen) atoms. The van der Waals surface area contributed by atoms with Gasteiger partial charge in [0.25, 0.3) is 0 Å². The van der Waals surface area contributed by atoms with Gasteiger partial charge in [-0.2, -0.15) is 4.37 Å². The molecular weight excluding hydrogens is 320 g/mol. The Morgan fingerprint density at radius 2 is 2.00 bits per heavy atom. The van der Waals surface area contributed by atoms with Crippen LogP contribution in [0.5, 0.6) is 5.75 Å². The lowest BCUT2D eigenvalue weighted by Crippen LogP contribution is -2.39. The molecular formula is C18H26N4OS. The van der Waals surface area contributed by atoms with Crippen LogP contribution in [0, 0.1) is 0 Å². The minimum atomic E-state index is 0.0149. The molecule has 0 bridgehead atoms. The number of rotatable bonds is 4. The molecule has 5 nitrogen and oxygen atoms in total. The maximum Gasteiger partial charge on any atom is 0.205 e. The Kier molecular flexibility index (Phi) is 4.94. The van der Waals surface area contributed by atoms with Crippen molar-refractivity contribution in [2.45, 2.75) is 45.1 Å². The van der Waals surface area contributed by atoms with E-state index < -0.39 is 0 Å². The van der Waals surface area contributed by atoms with Crippen molar-refractivity contribution in [1.29, 1.82) is 0 Å². The molecule has 1 N–H and O–H groups in total. The number of benzene rings is 1. The minimum Gasteiger partial charge on any atom is -0.497 e. The van der Waals surface area contributed by atoms with E-state index in [-0.39, 0.29) is 5.41 Å². The molecule has 130 valence electrons. The highest BCUT2D eigenvalue weighted by Crippen LogP contribution is 2.28. The molecule has 1 aromatic heterocycles. The van der Waals surface area contributed by atoms with E-state index in [1.54, 1.807) is 7.11 Å². The Balaban J connectivity index is 1.56. The van der Waals surface area contributed by atoms with Crippen molar-refractivity contribution < 1.29 is 4.74 Å². The van der Waals surface area contributed by atoms with E-state index in [2.05, 4.69) is 41.4 Å². The lowest BCUT2D eigenvalue weighted by molar-refractivity contribution is 0.415. The summed E-state index contributed by atoms with van der Waals surface area (Å²) in [6, 6.07) is 8.62. The fraction of sp³-hybridized carbons (Fsp3) is 0.556. The summed E-state index contributed by atoms with van der Waals surface area (Å²) >= 11 is 1.52. The zero-order valence-corrected chi connectivity index (χ0v) is 15.7. The SMILES string of the molecule is COc1cccc(NC2CCN(c3nc(C(C)(C)C)ns3)CC2)c1. The summed E-state index contributed by atoms with van der Waals surface area (Å²) in [5.41, 5.74) is 1.14. The van der Waals surface area contributed by atoms with E-state index in [1.165, 1.54) is 11.5 Å². The molecule has 2 aromatic rings. The van der Waals surface area contributed by atoms with E-state index in [0.717, 1.165) is 48.3 Å². The topological polar surface area (TPSA) is 50.3 Å². The van der Waals surface area contributed by atoms with Crippen LogP contribution < -0.4 is 15.0 Å². The molecule has 1 saturated heterocycles. The number of nitrogens with zero attached hydrogens (tertiary/aromatic N) is 3. The van der Waals surface area contributed by atoms with E-state index >= 15 is 0 Å². The molecule has 2 heterocycles. The van der Waals surface area contributed by atoms with Crippen molar-refractivity contribution in [3.63, 3.8) is 0 Å². The highest BCUT2D eigenvalue weighted by Gasteiger charge is 2.25. The van der Waals surface area contributed by atoms with Gasteiger partial charge in [-0.1, -0.05) is 26.8 Å². The molecule has 3 rings (SSSR count). The second-order valence-electron chi connectivity index (χ2n) is 7.29. The summed E-state index contributed by atoms with van der Waals surface area (Å²) in [4.78, 5) is 7.09. The fourth-order valence-electron chi connectivity index (χ4n) is 2.81. The van der Waals surface area contributed by atoms with Crippen LogP contribution >= 0.6 is 11.5 Å². The van der Waals surface area contributed by atoms with Crippen molar-refractivity contribution in [3.8, 4) is 5.75 Å². The van der Waals surface area contributed by atoms with Gasteiger partial charge >= 0.3 is 0 Å². The van der Waals surface area contributed by atoms with Gasteiger partial charge in [-0.05, 0) is 25.0 Å². The average molecular weight is 347 g/mol. The number of hydrogen-bond donors (Lipinski definition) is 1. The molecule has 0 radical (unpaired) electrons. The summed E-state index contributed by atoms with van der Waals surface area (Å²) in [5, 5.41) is 4.67. The summed E-state index contributed by atoms with van der Waals surface area (Å²) in [6.07, 6.45) is 2.20. The lowest BCUT2D eigenvalue weighted by atomic mass is 9.96. The van der Waals surface area contributed by atoms with Gasteiger partial charge in [0, 0.05) is 47.8 Å². The first-order valence-electron chi connectivity index (χ1n) is 8.45. The number of aromatic nitrogens is 2. The van der Waals surface area contributed by atoms with Gasteiger partial charge in [0.15, 0.2) is 0 Å². The third-order valence-electron chi connectivity index (χ3n) is 4.29. The van der Waals surface area contributed by atoms with Gasteiger partial charge in [0.1, 0.15) is 11.6 Å². The van der Waals surface area contributed by atoms with E-state index in [9.17, 15) is 0 Å². The van der Waals surface area contributed by atoms with Crippen molar-refractivity contribution in [2.24, 2.45) is 0 Å². The van der Waals surface area contributed by atoms with Gasteiger partial charge in [0.05, 0.1) is 7.11 Å². The van der Waals surface area contributed by atoms with Gasteiger partial charge in [-0.15, -0.1) is 0 Å². The minimum absolute atomic E-state index is 0.0149. The van der Waals surface area contributed by atoms with Crippen molar-refractivity contribution in [3.05, 3.63) is 30.1 Å². The Hall–Kier alpha value is -1.82. The first-order chi connectivity index (χ1) is 11.5. The van der Waals surface area contributed by atoms with Crippen molar-refractivity contribution in [2.75, 3.05) is 30.4 Å². The van der Waals surface area contributed by atoms with Gasteiger partial charge in [0.2, 0.25) is 5.13 Å². The molecule has 1 fully saturated rings. The molecule has 1 aromatic carbocycles. The van der Waals surface area contributed by atoms with Gasteiger partial charge in [-0.3, -0.25) is 0 Å². The largest absolute Gasteiger partial charge is 0.497 e. The molecule has 6 heteroatoms. The van der Waals surface area contributed by atoms with Crippen LogP contribution in [0.1, 0.15) is 39.4 Å². The summed E-state index contributed by atoms with van der Waals surface area (Å²) in [6.45, 7) is 8.50. The summed E-state index contributed by atoms with van der Waals surface area (Å²) < 4.78 is 9.81. The van der Waals surface area contributed by atoms with Crippen LogP contribution in [0.15, 0.2) is 24.3 Å². The molecule has 0 unspecified atom stereocenters. The molecule has 0 aliphatic carbocycles. The quantitative estimate of drug-likeness (QED) is 0.909. The molecule has 0 atom stereocenters. The monoisotopic (exact) mass is 346 g/mol. The molecule has 0 saturated carbocycles. The van der Waals surface area contributed by atoms with Crippen LogP contribution in [-0.4, -0.2) is 35.6 Å². The van der Waals surface area contributed by atoms with Crippen molar-refractivity contribution >= 4 is 22.4 Å². The predicted molar refractivity (Wildman–Crippen MR) is 100 cm³/mol. The zero-order chi connectivity index (χ0) is 17.2. The van der Waals surface area contributed by atoms with Crippen LogP contribution in [0.4, 0.5) is 10.8 Å². The second kappa shape index (κ2) is 6.97. The fourth-order valence-corrected chi connectivity index (χ4v) is 3.72. The Morgan fingerprint density at radius 3 is 2.62 bits per heavy atom. The number of nitrogens with one attached hydrogen (secondary N) is 1. The predicted octanol–water partition coefficient (Wildman–Crippen LogP) is 3.93. The lowest BCUT2D eigenvalue weighted by Gasteiger charge is -2.32. The molecule has 0 amide bonds. The first kappa shape index (κ1) is 17.0. The second-order valence-corrected chi connectivity index (χ2v) is 8.02. The summed E-state index contributed by atoms with van der Waals surface area (Å²) in [7, 11) is 1.70. The average Bonchev–Trinajstić information content (AvgIpc) is 3.06. The van der Waals surface area contributed by atoms with E-state index in [0.29, 0.717) is 6.04 Å². The smallest absolute Gasteiger partial charge is 0.205 e. The van der Waals surface area contributed by atoms with E-state index in [1.807, 2.05) is 18.2 Å². The number of ether oxygens (including phenoxy) is 1. The number of hydrogen-bond acceptors (Lipinski definition) is 6. The zero-order valence-electron chi connectivity index (χ0n) is 14.9. The third kappa shape index (κ3) is 3.98. The van der Waals surface area contributed by atoms with Gasteiger partial charge < -0.3 is 15.0 Å². The van der Waals surface area contributed by atoms with Crippen LogP contribution in [0.3, 0.4) is 0 Å². The number of anilines is 2. The maximum atomic E-state index is 5.29. The Bertz CT molecular complexity index is 672. The highest BCUT2D eigenvalue weighted by atomic mass is 32.1. The number of piperidine rings is 1. The Labute approximate surface area is 148 Å². The van der Waals surface area contributed by atoms with Crippen molar-refractivity contribution in [1.82, 2.24) is 9.36 Å². The first-order valence-corrected chi connectivity index (χ1v) is 9.23.